The lowest BCUT2D eigenvalue weighted by molar-refractivity contribution is 0.102. The zero-order valence-electron chi connectivity index (χ0n) is 13.8. The van der Waals surface area contributed by atoms with E-state index in [4.69, 9.17) is 0 Å². The first-order chi connectivity index (χ1) is 10.1. The smallest absolute Gasteiger partial charge is 0.109 e. The van der Waals surface area contributed by atoms with Crippen LogP contribution in [-0.4, -0.2) is 35.6 Å². The van der Waals surface area contributed by atoms with E-state index in [0.717, 1.165) is 12.3 Å². The lowest BCUT2D eigenvalue weighted by atomic mass is 9.84. The fraction of sp³-hybridized carbons (Fsp3) is 0.944. The molecule has 0 spiro atoms. The Labute approximate surface area is 130 Å². The van der Waals surface area contributed by atoms with Gasteiger partial charge in [0.05, 0.1) is 6.07 Å². The fourth-order valence-electron chi connectivity index (χ4n) is 4.49. The van der Waals surface area contributed by atoms with Crippen molar-refractivity contribution in [1.82, 2.24) is 10.2 Å². The minimum atomic E-state index is -0.203. The molecule has 0 aromatic carbocycles. The van der Waals surface area contributed by atoms with Crippen molar-refractivity contribution in [3.8, 4) is 6.07 Å². The molecule has 2 saturated carbocycles. The highest BCUT2D eigenvalue weighted by atomic mass is 15.2. The van der Waals surface area contributed by atoms with Crippen LogP contribution in [0.1, 0.15) is 65.2 Å². The molecule has 1 N–H and O–H groups in total. The maximum absolute atomic E-state index is 9.77. The van der Waals surface area contributed by atoms with Gasteiger partial charge in [0, 0.05) is 12.1 Å². The number of hydrogen-bond acceptors (Lipinski definition) is 3. The van der Waals surface area contributed by atoms with Crippen molar-refractivity contribution in [1.29, 1.82) is 5.26 Å². The zero-order valence-corrected chi connectivity index (χ0v) is 13.8. The lowest BCUT2D eigenvalue weighted by Crippen LogP contribution is -2.50. The molecule has 0 aromatic rings. The molecule has 3 nitrogen and oxygen atoms in total. The Morgan fingerprint density at radius 2 is 2.00 bits per heavy atom. The lowest BCUT2D eigenvalue weighted by Gasteiger charge is -2.39. The third kappa shape index (κ3) is 3.27. The predicted octanol–water partition coefficient (Wildman–Crippen LogP) is 3.31. The van der Waals surface area contributed by atoms with Gasteiger partial charge in [-0.1, -0.05) is 13.3 Å². The van der Waals surface area contributed by atoms with Crippen LogP contribution >= 0.6 is 0 Å². The number of piperidine rings is 1. The van der Waals surface area contributed by atoms with Gasteiger partial charge in [-0.05, 0) is 76.8 Å². The maximum Gasteiger partial charge on any atom is 0.109 e. The third-order valence-electron chi connectivity index (χ3n) is 6.33. The highest BCUT2D eigenvalue weighted by molar-refractivity contribution is 5.16. The highest BCUT2D eigenvalue weighted by Crippen LogP contribution is 2.40. The van der Waals surface area contributed by atoms with Crippen LogP contribution in [0.5, 0.6) is 0 Å². The normalized spacial score (nSPS) is 41.1. The van der Waals surface area contributed by atoms with Gasteiger partial charge in [-0.15, -0.1) is 0 Å². The summed E-state index contributed by atoms with van der Waals surface area (Å²) in [5, 5.41) is 13.5. The van der Waals surface area contributed by atoms with E-state index in [0.29, 0.717) is 18.0 Å². The summed E-state index contributed by atoms with van der Waals surface area (Å²) in [6, 6.07) is 4.03. The molecule has 1 heterocycles. The quantitative estimate of drug-likeness (QED) is 0.844. The average Bonchev–Trinajstić information content (AvgIpc) is 3.20. The van der Waals surface area contributed by atoms with Gasteiger partial charge >= 0.3 is 0 Å². The highest BCUT2D eigenvalue weighted by Gasteiger charge is 2.46. The van der Waals surface area contributed by atoms with Crippen LogP contribution in [-0.2, 0) is 0 Å². The molecule has 3 aliphatic rings. The molecule has 0 bridgehead atoms. The summed E-state index contributed by atoms with van der Waals surface area (Å²) in [5.74, 6) is 1.39. The first-order valence-electron chi connectivity index (χ1n) is 9.07. The van der Waals surface area contributed by atoms with Crippen molar-refractivity contribution in [3.05, 3.63) is 0 Å². The summed E-state index contributed by atoms with van der Waals surface area (Å²) in [7, 11) is 0. The van der Waals surface area contributed by atoms with E-state index in [1.807, 2.05) is 0 Å². The maximum atomic E-state index is 9.77. The molecule has 118 valence electrons. The van der Waals surface area contributed by atoms with Crippen molar-refractivity contribution in [2.45, 2.75) is 82.8 Å². The largest absolute Gasteiger partial charge is 0.300 e. The molecule has 4 atom stereocenters. The number of nitrogens with zero attached hydrogens (tertiary/aromatic N) is 2. The Bertz CT molecular complexity index is 398. The predicted molar refractivity (Wildman–Crippen MR) is 85.9 cm³/mol. The van der Waals surface area contributed by atoms with Crippen molar-refractivity contribution in [3.63, 3.8) is 0 Å². The van der Waals surface area contributed by atoms with E-state index >= 15 is 0 Å². The van der Waals surface area contributed by atoms with Crippen molar-refractivity contribution < 1.29 is 0 Å². The van der Waals surface area contributed by atoms with Gasteiger partial charge in [0.1, 0.15) is 5.54 Å². The summed E-state index contributed by atoms with van der Waals surface area (Å²) in [6.07, 6.45) is 10.0. The van der Waals surface area contributed by atoms with E-state index in [9.17, 15) is 5.26 Å². The van der Waals surface area contributed by atoms with E-state index in [1.165, 1.54) is 58.0 Å². The molecule has 1 saturated heterocycles. The SMILES string of the molecule is CC1CCCN(CCC2CCCC2(C#N)NC2CC2)C1C. The summed E-state index contributed by atoms with van der Waals surface area (Å²) in [5.41, 5.74) is -0.203. The summed E-state index contributed by atoms with van der Waals surface area (Å²) in [4.78, 5) is 2.67. The van der Waals surface area contributed by atoms with Crippen LogP contribution in [0.3, 0.4) is 0 Å². The van der Waals surface area contributed by atoms with Gasteiger partial charge in [-0.2, -0.15) is 5.26 Å². The molecule has 21 heavy (non-hydrogen) atoms. The first kappa shape index (κ1) is 15.3. The second kappa shape index (κ2) is 6.26. The Kier molecular flexibility index (Phi) is 4.57. The molecular weight excluding hydrogens is 258 g/mol. The van der Waals surface area contributed by atoms with Crippen LogP contribution in [0.2, 0.25) is 0 Å². The molecule has 3 rings (SSSR count). The number of rotatable bonds is 5. The molecule has 4 unspecified atom stereocenters. The molecule has 1 aliphatic heterocycles. The number of nitriles is 1. The molecule has 2 aliphatic carbocycles. The van der Waals surface area contributed by atoms with E-state index in [-0.39, 0.29) is 5.54 Å². The van der Waals surface area contributed by atoms with E-state index < -0.39 is 0 Å². The molecule has 0 radical (unpaired) electrons. The van der Waals surface area contributed by atoms with E-state index in [2.05, 4.69) is 30.1 Å². The third-order valence-corrected chi connectivity index (χ3v) is 6.33. The second-order valence-corrected chi connectivity index (χ2v) is 7.78. The molecule has 0 aromatic heterocycles. The van der Waals surface area contributed by atoms with Gasteiger partial charge in [-0.3, -0.25) is 5.32 Å². The average molecular weight is 289 g/mol. The topological polar surface area (TPSA) is 39.1 Å². The second-order valence-electron chi connectivity index (χ2n) is 7.78. The Hall–Kier alpha value is -0.590. The Morgan fingerprint density at radius 3 is 2.71 bits per heavy atom. The van der Waals surface area contributed by atoms with Crippen LogP contribution in [0.15, 0.2) is 0 Å². The fourth-order valence-corrected chi connectivity index (χ4v) is 4.49. The summed E-state index contributed by atoms with van der Waals surface area (Å²) >= 11 is 0. The number of hydrogen-bond donors (Lipinski definition) is 1. The molecule has 3 heteroatoms. The van der Waals surface area contributed by atoms with Crippen LogP contribution < -0.4 is 5.32 Å². The molecule has 0 amide bonds. The van der Waals surface area contributed by atoms with Crippen LogP contribution in [0, 0.1) is 23.2 Å². The summed E-state index contributed by atoms with van der Waals surface area (Å²) < 4.78 is 0. The monoisotopic (exact) mass is 289 g/mol. The van der Waals surface area contributed by atoms with Crippen molar-refractivity contribution in [2.75, 3.05) is 13.1 Å². The van der Waals surface area contributed by atoms with Gasteiger partial charge in [0.15, 0.2) is 0 Å². The van der Waals surface area contributed by atoms with Crippen LogP contribution in [0.4, 0.5) is 0 Å². The zero-order chi connectivity index (χ0) is 14.9. The van der Waals surface area contributed by atoms with Crippen molar-refractivity contribution >= 4 is 0 Å². The minimum Gasteiger partial charge on any atom is -0.300 e. The van der Waals surface area contributed by atoms with Gasteiger partial charge < -0.3 is 4.90 Å². The number of nitrogens with one attached hydrogen (secondary N) is 1. The van der Waals surface area contributed by atoms with E-state index in [1.54, 1.807) is 0 Å². The molecular formula is C18H31N3. The van der Waals surface area contributed by atoms with Gasteiger partial charge in [0.2, 0.25) is 0 Å². The first-order valence-corrected chi connectivity index (χ1v) is 9.07. The van der Waals surface area contributed by atoms with Gasteiger partial charge in [0.25, 0.3) is 0 Å². The van der Waals surface area contributed by atoms with Gasteiger partial charge in [-0.25, -0.2) is 0 Å². The number of likely N-dealkylation sites (tertiary alicyclic amines) is 1. The standard InChI is InChI=1S/C18H31N3/c1-14-5-4-11-21(15(14)2)12-9-16-6-3-10-18(16,13-19)20-17-7-8-17/h14-17,20H,3-12H2,1-2H3. The minimum absolute atomic E-state index is 0.203. The molecule has 3 fully saturated rings. The Balaban J connectivity index is 1.57. The summed E-state index contributed by atoms with van der Waals surface area (Å²) in [6.45, 7) is 7.22. The van der Waals surface area contributed by atoms with Crippen molar-refractivity contribution in [2.24, 2.45) is 11.8 Å². The Morgan fingerprint density at radius 1 is 1.19 bits per heavy atom. The van der Waals surface area contributed by atoms with Crippen LogP contribution in [0.25, 0.3) is 0 Å².